The lowest BCUT2D eigenvalue weighted by Crippen LogP contribution is -2.50. The van der Waals surface area contributed by atoms with Gasteiger partial charge in [-0.25, -0.2) is 0 Å². The summed E-state index contributed by atoms with van der Waals surface area (Å²) in [5, 5.41) is 0. The minimum atomic E-state index is -0.577. The molecule has 0 spiro atoms. The summed E-state index contributed by atoms with van der Waals surface area (Å²) in [5.74, 6) is -0.183. The zero-order valence-electron chi connectivity index (χ0n) is 12.5. The summed E-state index contributed by atoms with van der Waals surface area (Å²) in [6, 6.07) is 9.07. The van der Waals surface area contributed by atoms with E-state index in [-0.39, 0.29) is 5.91 Å². The summed E-state index contributed by atoms with van der Waals surface area (Å²) < 4.78 is 0. The van der Waals surface area contributed by atoms with Gasteiger partial charge < -0.3 is 10.6 Å². The summed E-state index contributed by atoms with van der Waals surface area (Å²) in [4.78, 5) is 25.5. The van der Waals surface area contributed by atoms with E-state index >= 15 is 0 Å². The number of benzene rings is 1. The monoisotopic (exact) mass is 276 g/mol. The van der Waals surface area contributed by atoms with E-state index in [1.54, 1.807) is 11.8 Å². The lowest BCUT2D eigenvalue weighted by Gasteiger charge is -2.31. The van der Waals surface area contributed by atoms with Crippen molar-refractivity contribution < 1.29 is 9.59 Å². The van der Waals surface area contributed by atoms with Gasteiger partial charge in [0.2, 0.25) is 11.8 Å². The SMILES string of the molecule is CCC(=O)N(CC(C)C)[C@@H](Cc1ccccc1)C(N)=O. The fourth-order valence-electron chi connectivity index (χ4n) is 2.20. The van der Waals surface area contributed by atoms with Crippen LogP contribution < -0.4 is 5.73 Å². The van der Waals surface area contributed by atoms with E-state index in [9.17, 15) is 9.59 Å². The number of carbonyl (C=O) groups is 2. The van der Waals surface area contributed by atoms with Gasteiger partial charge in [0, 0.05) is 19.4 Å². The average Bonchev–Trinajstić information content (AvgIpc) is 2.42. The number of carbonyl (C=O) groups excluding carboxylic acids is 2. The molecule has 1 atom stereocenters. The summed E-state index contributed by atoms with van der Waals surface area (Å²) in [6.07, 6.45) is 0.847. The Balaban J connectivity index is 2.95. The van der Waals surface area contributed by atoms with Crippen LogP contribution in [-0.2, 0) is 16.0 Å². The molecule has 20 heavy (non-hydrogen) atoms. The van der Waals surface area contributed by atoms with Gasteiger partial charge in [0.25, 0.3) is 0 Å². The van der Waals surface area contributed by atoms with Gasteiger partial charge in [0.15, 0.2) is 0 Å². The molecular formula is C16H24N2O2. The zero-order valence-corrected chi connectivity index (χ0v) is 12.5. The van der Waals surface area contributed by atoms with Crippen molar-refractivity contribution in [1.29, 1.82) is 0 Å². The summed E-state index contributed by atoms with van der Waals surface area (Å²) in [7, 11) is 0. The summed E-state index contributed by atoms with van der Waals surface area (Å²) in [6.45, 7) is 6.40. The molecule has 0 aromatic heterocycles. The highest BCUT2D eigenvalue weighted by Gasteiger charge is 2.27. The Bertz CT molecular complexity index is 443. The van der Waals surface area contributed by atoms with Crippen LogP contribution in [0.5, 0.6) is 0 Å². The Morgan fingerprint density at radius 3 is 2.25 bits per heavy atom. The van der Waals surface area contributed by atoms with E-state index in [1.165, 1.54) is 0 Å². The van der Waals surface area contributed by atoms with Crippen LogP contribution in [0.3, 0.4) is 0 Å². The number of rotatable bonds is 7. The van der Waals surface area contributed by atoms with E-state index in [4.69, 9.17) is 5.73 Å². The van der Waals surface area contributed by atoms with E-state index in [1.807, 2.05) is 44.2 Å². The topological polar surface area (TPSA) is 63.4 Å². The fraction of sp³-hybridized carbons (Fsp3) is 0.500. The van der Waals surface area contributed by atoms with Crippen LogP contribution >= 0.6 is 0 Å². The second-order valence-corrected chi connectivity index (χ2v) is 5.40. The van der Waals surface area contributed by atoms with Crippen LogP contribution in [0.1, 0.15) is 32.8 Å². The molecule has 0 bridgehead atoms. The Kier molecular flexibility index (Phi) is 6.22. The molecule has 0 aliphatic carbocycles. The second-order valence-electron chi connectivity index (χ2n) is 5.40. The Hall–Kier alpha value is -1.84. The fourth-order valence-corrected chi connectivity index (χ4v) is 2.20. The third kappa shape index (κ3) is 4.68. The van der Waals surface area contributed by atoms with E-state index < -0.39 is 11.9 Å². The summed E-state index contributed by atoms with van der Waals surface area (Å²) >= 11 is 0. The quantitative estimate of drug-likeness (QED) is 0.827. The van der Waals surface area contributed by atoms with Gasteiger partial charge in [-0.15, -0.1) is 0 Å². The van der Waals surface area contributed by atoms with Crippen molar-refractivity contribution in [1.82, 2.24) is 4.90 Å². The highest BCUT2D eigenvalue weighted by molar-refractivity contribution is 5.86. The number of nitrogens with two attached hydrogens (primary N) is 1. The summed E-state index contributed by atoms with van der Waals surface area (Å²) in [5.41, 5.74) is 6.53. The largest absolute Gasteiger partial charge is 0.368 e. The third-order valence-corrected chi connectivity index (χ3v) is 3.16. The molecule has 4 heteroatoms. The van der Waals surface area contributed by atoms with Crippen molar-refractivity contribution in [2.45, 2.75) is 39.7 Å². The molecule has 0 aliphatic heterocycles. The minimum absolute atomic E-state index is 0.0292. The van der Waals surface area contributed by atoms with E-state index in [0.717, 1.165) is 5.56 Å². The van der Waals surface area contributed by atoms with Crippen molar-refractivity contribution in [3.63, 3.8) is 0 Å². The van der Waals surface area contributed by atoms with Crippen LogP contribution in [0.25, 0.3) is 0 Å². The Morgan fingerprint density at radius 1 is 1.20 bits per heavy atom. The minimum Gasteiger partial charge on any atom is -0.368 e. The lowest BCUT2D eigenvalue weighted by molar-refractivity contribution is -0.139. The van der Waals surface area contributed by atoms with Crippen LogP contribution in [0.4, 0.5) is 0 Å². The first-order valence-corrected chi connectivity index (χ1v) is 7.08. The van der Waals surface area contributed by atoms with Gasteiger partial charge in [0.1, 0.15) is 6.04 Å². The molecule has 0 radical (unpaired) electrons. The number of hydrogen-bond acceptors (Lipinski definition) is 2. The van der Waals surface area contributed by atoms with Crippen molar-refractivity contribution in [3.8, 4) is 0 Å². The maximum absolute atomic E-state index is 12.1. The number of nitrogens with zero attached hydrogens (tertiary/aromatic N) is 1. The molecule has 0 unspecified atom stereocenters. The molecule has 0 saturated heterocycles. The molecule has 2 amide bonds. The molecule has 1 aromatic carbocycles. The predicted octanol–water partition coefficient (Wildman–Crippen LogP) is 1.98. The highest BCUT2D eigenvalue weighted by atomic mass is 16.2. The maximum atomic E-state index is 12.1. The molecule has 1 aromatic rings. The van der Waals surface area contributed by atoms with Gasteiger partial charge in [-0.2, -0.15) is 0 Å². The molecule has 4 nitrogen and oxygen atoms in total. The number of amides is 2. The average molecular weight is 276 g/mol. The van der Waals surface area contributed by atoms with Crippen LogP contribution in [-0.4, -0.2) is 29.3 Å². The number of hydrogen-bond donors (Lipinski definition) is 1. The van der Waals surface area contributed by atoms with Gasteiger partial charge in [-0.05, 0) is 11.5 Å². The predicted molar refractivity (Wildman–Crippen MR) is 80.0 cm³/mol. The van der Waals surface area contributed by atoms with Crippen molar-refractivity contribution in [2.75, 3.05) is 6.54 Å². The maximum Gasteiger partial charge on any atom is 0.240 e. The molecule has 0 fully saturated rings. The smallest absolute Gasteiger partial charge is 0.240 e. The molecule has 110 valence electrons. The molecular weight excluding hydrogens is 252 g/mol. The van der Waals surface area contributed by atoms with Crippen molar-refractivity contribution in [2.24, 2.45) is 11.7 Å². The van der Waals surface area contributed by atoms with Crippen LogP contribution in [0, 0.1) is 5.92 Å². The van der Waals surface area contributed by atoms with Gasteiger partial charge in [0.05, 0.1) is 0 Å². The Morgan fingerprint density at radius 2 is 1.80 bits per heavy atom. The Labute approximate surface area is 121 Å². The highest BCUT2D eigenvalue weighted by Crippen LogP contribution is 2.13. The van der Waals surface area contributed by atoms with Gasteiger partial charge >= 0.3 is 0 Å². The van der Waals surface area contributed by atoms with Crippen LogP contribution in [0.15, 0.2) is 30.3 Å². The first kappa shape index (κ1) is 16.2. The van der Waals surface area contributed by atoms with Gasteiger partial charge in [-0.3, -0.25) is 9.59 Å². The van der Waals surface area contributed by atoms with E-state index in [0.29, 0.717) is 25.3 Å². The van der Waals surface area contributed by atoms with Gasteiger partial charge in [-0.1, -0.05) is 51.1 Å². The lowest BCUT2D eigenvalue weighted by atomic mass is 10.0. The molecule has 1 rings (SSSR count). The number of primary amides is 1. The normalized spacial score (nSPS) is 12.2. The molecule has 0 heterocycles. The first-order chi connectivity index (χ1) is 9.45. The van der Waals surface area contributed by atoms with Crippen LogP contribution in [0.2, 0.25) is 0 Å². The molecule has 0 aliphatic rings. The zero-order chi connectivity index (χ0) is 15.1. The third-order valence-electron chi connectivity index (χ3n) is 3.16. The molecule has 2 N–H and O–H groups in total. The van der Waals surface area contributed by atoms with Crippen molar-refractivity contribution >= 4 is 11.8 Å². The molecule has 0 saturated carbocycles. The van der Waals surface area contributed by atoms with Crippen molar-refractivity contribution in [3.05, 3.63) is 35.9 Å². The first-order valence-electron chi connectivity index (χ1n) is 7.08. The van der Waals surface area contributed by atoms with E-state index in [2.05, 4.69) is 0 Å². The standard InChI is InChI=1S/C16H24N2O2/c1-4-15(19)18(11-12(2)3)14(16(17)20)10-13-8-6-5-7-9-13/h5-9,12,14H,4,10-11H2,1-3H3,(H2,17,20)/t14-/m0/s1. The second kappa shape index (κ2) is 7.68.